The van der Waals surface area contributed by atoms with Gasteiger partial charge in [0, 0.05) is 13.0 Å². The summed E-state index contributed by atoms with van der Waals surface area (Å²) in [5.41, 5.74) is 1.69. The summed E-state index contributed by atoms with van der Waals surface area (Å²) in [5.74, 6) is 0.239. The fourth-order valence-electron chi connectivity index (χ4n) is 1.38. The highest BCUT2D eigenvalue weighted by Gasteiger charge is 2.17. The number of rotatable bonds is 4. The van der Waals surface area contributed by atoms with Gasteiger partial charge >= 0.3 is 0 Å². The number of aryl methyl sites for hydroxylation is 2. The van der Waals surface area contributed by atoms with Crippen molar-refractivity contribution in [1.29, 1.82) is 0 Å². The highest BCUT2D eigenvalue weighted by Crippen LogP contribution is 2.22. The van der Waals surface area contributed by atoms with Gasteiger partial charge in [-0.25, -0.2) is 0 Å². The molecule has 0 unspecified atom stereocenters. The number of hydrogen-bond acceptors (Lipinski definition) is 2. The Hall–Kier alpha value is -0.830. The third kappa shape index (κ3) is 2.59. The Labute approximate surface area is 95.4 Å². The van der Waals surface area contributed by atoms with Crippen molar-refractivity contribution in [2.75, 3.05) is 0 Å². The van der Waals surface area contributed by atoms with E-state index >= 15 is 0 Å². The third-order valence-corrected chi connectivity index (χ3v) is 2.92. The monoisotopic (exact) mass is 228 g/mol. The summed E-state index contributed by atoms with van der Waals surface area (Å²) < 4.78 is 1.71. The number of hydrogen-bond donors (Lipinski definition) is 0. The maximum Gasteiger partial charge on any atom is 0.141 e. The molecule has 0 fully saturated rings. The fourth-order valence-corrected chi connectivity index (χ4v) is 1.74. The molecule has 0 bridgehead atoms. The first-order valence-corrected chi connectivity index (χ1v) is 5.58. The first-order valence-electron chi connectivity index (χ1n) is 5.20. The van der Waals surface area contributed by atoms with Crippen molar-refractivity contribution in [3.05, 3.63) is 16.4 Å². The number of halogens is 1. The molecule has 0 amide bonds. The molecule has 0 aliphatic rings. The number of nitrogens with zero attached hydrogens (tertiary/aromatic N) is 2. The summed E-state index contributed by atoms with van der Waals surface area (Å²) >= 11 is 6.14. The zero-order valence-electron chi connectivity index (χ0n) is 9.67. The van der Waals surface area contributed by atoms with E-state index in [-0.39, 0.29) is 11.7 Å². The summed E-state index contributed by atoms with van der Waals surface area (Å²) in [6, 6.07) is 0. The van der Waals surface area contributed by atoms with Gasteiger partial charge in [-0.15, -0.1) is 0 Å². The summed E-state index contributed by atoms with van der Waals surface area (Å²) in [6.07, 6.45) is 1.17. The van der Waals surface area contributed by atoms with Crippen LogP contribution in [0.4, 0.5) is 0 Å². The Balaban J connectivity index is 2.95. The van der Waals surface area contributed by atoms with Gasteiger partial charge in [-0.2, -0.15) is 5.10 Å². The van der Waals surface area contributed by atoms with Crippen LogP contribution in [-0.2, 0) is 24.7 Å². The van der Waals surface area contributed by atoms with Crippen molar-refractivity contribution in [3.8, 4) is 0 Å². The van der Waals surface area contributed by atoms with Crippen LogP contribution in [0, 0.1) is 5.92 Å². The molecule has 0 aliphatic heterocycles. The van der Waals surface area contributed by atoms with Crippen LogP contribution in [0.25, 0.3) is 0 Å². The molecule has 0 spiro atoms. The summed E-state index contributed by atoms with van der Waals surface area (Å²) in [6.45, 7) is 5.79. The second-order valence-electron chi connectivity index (χ2n) is 3.98. The van der Waals surface area contributed by atoms with Crippen LogP contribution in [0.5, 0.6) is 0 Å². The van der Waals surface area contributed by atoms with E-state index in [2.05, 4.69) is 5.10 Å². The fraction of sp³-hybridized carbons (Fsp3) is 0.636. The van der Waals surface area contributed by atoms with E-state index in [1.165, 1.54) is 0 Å². The number of ketones is 1. The zero-order valence-corrected chi connectivity index (χ0v) is 10.4. The largest absolute Gasteiger partial charge is 0.299 e. The van der Waals surface area contributed by atoms with Crippen LogP contribution in [-0.4, -0.2) is 15.6 Å². The van der Waals surface area contributed by atoms with Crippen LogP contribution in [0.3, 0.4) is 0 Å². The zero-order chi connectivity index (χ0) is 11.6. The van der Waals surface area contributed by atoms with Gasteiger partial charge in [-0.05, 0) is 6.42 Å². The van der Waals surface area contributed by atoms with Gasteiger partial charge < -0.3 is 0 Å². The van der Waals surface area contributed by atoms with Gasteiger partial charge in [0.2, 0.25) is 0 Å². The summed E-state index contributed by atoms with van der Waals surface area (Å²) in [7, 11) is 1.83. The van der Waals surface area contributed by atoms with E-state index < -0.39 is 0 Å². The molecule has 1 aromatic rings. The first-order chi connectivity index (χ1) is 6.97. The Kier molecular flexibility index (Phi) is 3.91. The number of carbonyl (C=O) groups is 1. The van der Waals surface area contributed by atoms with Crippen LogP contribution in [0.1, 0.15) is 32.2 Å². The Morgan fingerprint density at radius 3 is 2.53 bits per heavy atom. The van der Waals surface area contributed by atoms with Crippen LogP contribution >= 0.6 is 11.6 Å². The van der Waals surface area contributed by atoms with Crippen LogP contribution < -0.4 is 0 Å². The summed E-state index contributed by atoms with van der Waals surface area (Å²) in [4.78, 5) is 11.6. The molecule has 0 aliphatic carbocycles. The highest BCUT2D eigenvalue weighted by molar-refractivity contribution is 6.32. The maximum atomic E-state index is 11.6. The lowest BCUT2D eigenvalue weighted by molar-refractivity contribution is -0.121. The SMILES string of the molecule is CCc1nn(C)c(CC(=O)C(C)C)c1Cl. The van der Waals surface area contributed by atoms with Crippen LogP contribution in [0.2, 0.25) is 5.02 Å². The van der Waals surface area contributed by atoms with Crippen molar-refractivity contribution < 1.29 is 4.79 Å². The number of carbonyl (C=O) groups excluding carboxylic acids is 1. The summed E-state index contributed by atoms with van der Waals surface area (Å²) in [5, 5.41) is 4.92. The standard InChI is InChI=1S/C11H17ClN2O/c1-5-8-11(12)9(14(4)13-8)6-10(15)7(2)3/h7H,5-6H2,1-4H3. The van der Waals surface area contributed by atoms with Gasteiger partial charge in [0.05, 0.1) is 22.8 Å². The highest BCUT2D eigenvalue weighted by atomic mass is 35.5. The van der Waals surface area contributed by atoms with E-state index in [9.17, 15) is 4.79 Å². The maximum absolute atomic E-state index is 11.6. The van der Waals surface area contributed by atoms with E-state index in [0.717, 1.165) is 17.8 Å². The molecule has 1 rings (SSSR count). The molecular formula is C11H17ClN2O. The molecule has 0 radical (unpaired) electrons. The second kappa shape index (κ2) is 4.79. The van der Waals surface area contributed by atoms with Crippen molar-refractivity contribution >= 4 is 17.4 Å². The molecule has 84 valence electrons. The molecule has 0 saturated heterocycles. The minimum atomic E-state index is 0.0426. The van der Waals surface area contributed by atoms with Crippen molar-refractivity contribution in [2.24, 2.45) is 13.0 Å². The second-order valence-corrected chi connectivity index (χ2v) is 4.36. The van der Waals surface area contributed by atoms with Crippen molar-refractivity contribution in [1.82, 2.24) is 9.78 Å². The molecule has 4 heteroatoms. The number of Topliss-reactive ketones (excluding diaryl/α,β-unsaturated/α-hetero) is 1. The molecule has 15 heavy (non-hydrogen) atoms. The smallest absolute Gasteiger partial charge is 0.141 e. The lowest BCUT2D eigenvalue weighted by atomic mass is 10.0. The van der Waals surface area contributed by atoms with Gasteiger partial charge in [0.1, 0.15) is 5.78 Å². The molecule has 0 aromatic carbocycles. The lowest BCUT2D eigenvalue weighted by Crippen LogP contribution is -2.13. The minimum Gasteiger partial charge on any atom is -0.299 e. The average Bonchev–Trinajstić information content (AvgIpc) is 2.44. The first kappa shape index (κ1) is 12.2. The van der Waals surface area contributed by atoms with Gasteiger partial charge in [-0.3, -0.25) is 9.48 Å². The Bertz CT molecular complexity index is 369. The quantitative estimate of drug-likeness (QED) is 0.793. The van der Waals surface area contributed by atoms with E-state index in [4.69, 9.17) is 11.6 Å². The molecule has 1 heterocycles. The van der Waals surface area contributed by atoms with Crippen molar-refractivity contribution in [2.45, 2.75) is 33.6 Å². The minimum absolute atomic E-state index is 0.0426. The molecule has 0 atom stereocenters. The predicted octanol–water partition coefficient (Wildman–Crippen LogP) is 2.40. The van der Waals surface area contributed by atoms with Crippen molar-refractivity contribution in [3.63, 3.8) is 0 Å². The lowest BCUT2D eigenvalue weighted by Gasteiger charge is -2.04. The van der Waals surface area contributed by atoms with E-state index in [1.54, 1.807) is 4.68 Å². The molecular weight excluding hydrogens is 212 g/mol. The van der Waals surface area contributed by atoms with Gasteiger partial charge in [0.15, 0.2) is 0 Å². The molecule has 0 N–H and O–H groups in total. The van der Waals surface area contributed by atoms with Gasteiger partial charge in [-0.1, -0.05) is 32.4 Å². The molecule has 3 nitrogen and oxygen atoms in total. The topological polar surface area (TPSA) is 34.9 Å². The molecule has 0 saturated carbocycles. The Morgan fingerprint density at radius 2 is 2.13 bits per heavy atom. The third-order valence-electron chi connectivity index (χ3n) is 2.49. The Morgan fingerprint density at radius 1 is 1.53 bits per heavy atom. The van der Waals surface area contributed by atoms with E-state index in [0.29, 0.717) is 11.4 Å². The number of aromatic nitrogens is 2. The molecule has 1 aromatic heterocycles. The van der Waals surface area contributed by atoms with E-state index in [1.807, 2.05) is 27.8 Å². The predicted molar refractivity (Wildman–Crippen MR) is 61.1 cm³/mol. The normalized spacial score (nSPS) is 11.1. The van der Waals surface area contributed by atoms with Crippen LogP contribution in [0.15, 0.2) is 0 Å². The average molecular weight is 229 g/mol. The van der Waals surface area contributed by atoms with Gasteiger partial charge in [0.25, 0.3) is 0 Å².